The SMILES string of the molecule is C=C(C)C(=O)OCOc1ccc(C#Cc2ccc(C#Cc3ccc(/C(C)=C(\C)c4ccc(OCOC(=O)C(C)=O)cc4)cc3)c(OC(=O)C(=C)C)c2)cc1. The monoisotopic (exact) mass is 722 g/mol. The molecule has 0 heterocycles. The number of ketones is 1. The fourth-order valence-corrected chi connectivity index (χ4v) is 4.46. The van der Waals surface area contributed by atoms with E-state index in [2.05, 4.69) is 36.8 Å². The Morgan fingerprint density at radius 1 is 0.519 bits per heavy atom. The van der Waals surface area contributed by atoms with Crippen LogP contribution >= 0.6 is 0 Å². The predicted octanol–water partition coefficient (Wildman–Crippen LogP) is 7.84. The maximum absolute atomic E-state index is 12.5. The second-order valence-electron chi connectivity index (χ2n) is 12.0. The fourth-order valence-electron chi connectivity index (χ4n) is 4.46. The van der Waals surface area contributed by atoms with Crippen molar-refractivity contribution in [2.45, 2.75) is 34.6 Å². The van der Waals surface area contributed by atoms with E-state index in [9.17, 15) is 19.2 Å². The number of carbonyl (C=O) groups excluding carboxylic acids is 4. The van der Waals surface area contributed by atoms with Gasteiger partial charge in [0, 0.05) is 34.8 Å². The molecule has 0 spiro atoms. The highest BCUT2D eigenvalue weighted by molar-refractivity contribution is 6.32. The average molecular weight is 723 g/mol. The molecule has 0 unspecified atom stereocenters. The summed E-state index contributed by atoms with van der Waals surface area (Å²) < 4.78 is 26.1. The van der Waals surface area contributed by atoms with Crippen LogP contribution in [0, 0.1) is 23.7 Å². The summed E-state index contributed by atoms with van der Waals surface area (Å²) in [6.07, 6.45) is 0. The number of carbonyl (C=O) groups is 4. The summed E-state index contributed by atoms with van der Waals surface area (Å²) in [5.41, 5.74) is 7.24. The summed E-state index contributed by atoms with van der Waals surface area (Å²) in [6, 6.07) is 27.3. The van der Waals surface area contributed by atoms with Crippen molar-refractivity contribution in [1.29, 1.82) is 0 Å². The third-order valence-electron chi connectivity index (χ3n) is 7.71. The molecule has 0 saturated carbocycles. The average Bonchev–Trinajstić information content (AvgIpc) is 3.16. The van der Waals surface area contributed by atoms with Gasteiger partial charge in [0.1, 0.15) is 17.2 Å². The van der Waals surface area contributed by atoms with Crippen molar-refractivity contribution in [1.82, 2.24) is 0 Å². The molecule has 9 nitrogen and oxygen atoms in total. The van der Waals surface area contributed by atoms with Crippen molar-refractivity contribution in [3.05, 3.63) is 149 Å². The molecule has 0 bridgehead atoms. The molecule has 0 N–H and O–H groups in total. The number of esters is 3. The molecule has 0 saturated heterocycles. The van der Waals surface area contributed by atoms with Gasteiger partial charge >= 0.3 is 17.9 Å². The van der Waals surface area contributed by atoms with Crippen LogP contribution in [0.3, 0.4) is 0 Å². The van der Waals surface area contributed by atoms with Gasteiger partial charge in [0.15, 0.2) is 0 Å². The Kier molecular flexibility index (Phi) is 13.9. The molecule has 0 aromatic heterocycles. The zero-order valence-electron chi connectivity index (χ0n) is 30.7. The van der Waals surface area contributed by atoms with Gasteiger partial charge < -0.3 is 23.7 Å². The fraction of sp³-hybridized carbons (Fsp3) is 0.156. The summed E-state index contributed by atoms with van der Waals surface area (Å²) in [5, 5.41) is 0. The minimum absolute atomic E-state index is 0.233. The second kappa shape index (κ2) is 18.9. The minimum atomic E-state index is -0.945. The lowest BCUT2D eigenvalue weighted by Crippen LogP contribution is -2.16. The van der Waals surface area contributed by atoms with Gasteiger partial charge in [0.2, 0.25) is 19.4 Å². The number of rotatable bonds is 12. The van der Waals surface area contributed by atoms with Gasteiger partial charge in [-0.2, -0.15) is 0 Å². The smallest absolute Gasteiger partial charge is 0.377 e. The lowest BCUT2D eigenvalue weighted by molar-refractivity contribution is -0.157. The van der Waals surface area contributed by atoms with E-state index in [1.807, 2.05) is 50.2 Å². The van der Waals surface area contributed by atoms with E-state index < -0.39 is 23.7 Å². The van der Waals surface area contributed by atoms with Crippen LogP contribution in [0.2, 0.25) is 0 Å². The topological polar surface area (TPSA) is 114 Å². The first kappa shape index (κ1) is 39.7. The molecule has 4 aromatic carbocycles. The van der Waals surface area contributed by atoms with E-state index in [4.69, 9.17) is 23.7 Å². The number of hydrogen-bond donors (Lipinski definition) is 0. The van der Waals surface area contributed by atoms with Gasteiger partial charge in [-0.3, -0.25) is 4.79 Å². The van der Waals surface area contributed by atoms with Gasteiger partial charge in [0.05, 0.1) is 5.56 Å². The summed E-state index contributed by atoms with van der Waals surface area (Å²) in [6.45, 7) is 14.9. The molecule has 0 radical (unpaired) electrons. The van der Waals surface area contributed by atoms with Crippen LogP contribution in [0.25, 0.3) is 11.1 Å². The third kappa shape index (κ3) is 11.7. The van der Waals surface area contributed by atoms with E-state index in [1.54, 1.807) is 68.4 Å². The maximum Gasteiger partial charge on any atom is 0.377 e. The van der Waals surface area contributed by atoms with Crippen LogP contribution in [0.4, 0.5) is 0 Å². The van der Waals surface area contributed by atoms with Crippen LogP contribution in [0.5, 0.6) is 17.2 Å². The predicted molar refractivity (Wildman–Crippen MR) is 205 cm³/mol. The minimum Gasteiger partial charge on any atom is -0.457 e. The number of allylic oxidation sites excluding steroid dienone is 2. The Bertz CT molecular complexity index is 2230. The van der Waals surface area contributed by atoms with Crippen LogP contribution in [-0.4, -0.2) is 37.3 Å². The molecule has 4 aromatic rings. The zero-order valence-corrected chi connectivity index (χ0v) is 30.7. The highest BCUT2D eigenvalue weighted by atomic mass is 16.7. The van der Waals surface area contributed by atoms with Crippen LogP contribution in [-0.2, 0) is 28.7 Å². The largest absolute Gasteiger partial charge is 0.457 e. The van der Waals surface area contributed by atoms with Crippen molar-refractivity contribution in [2.75, 3.05) is 13.6 Å². The number of benzene rings is 4. The third-order valence-corrected chi connectivity index (χ3v) is 7.71. The Hall–Kier alpha value is -7.10. The maximum atomic E-state index is 12.5. The van der Waals surface area contributed by atoms with Gasteiger partial charge in [-0.1, -0.05) is 61.1 Å². The van der Waals surface area contributed by atoms with Gasteiger partial charge in [-0.05, 0) is 117 Å². The first-order chi connectivity index (χ1) is 25.8. The van der Waals surface area contributed by atoms with Crippen molar-refractivity contribution in [3.63, 3.8) is 0 Å². The lowest BCUT2D eigenvalue weighted by Gasteiger charge is -2.11. The molecule has 54 heavy (non-hydrogen) atoms. The molecule has 0 fully saturated rings. The van der Waals surface area contributed by atoms with E-state index in [0.717, 1.165) is 34.8 Å². The zero-order chi connectivity index (χ0) is 39.2. The van der Waals surface area contributed by atoms with Crippen molar-refractivity contribution in [3.8, 4) is 40.9 Å². The molecule has 9 heteroatoms. The van der Waals surface area contributed by atoms with E-state index in [-0.39, 0.29) is 30.5 Å². The Morgan fingerprint density at radius 2 is 0.944 bits per heavy atom. The van der Waals surface area contributed by atoms with E-state index in [0.29, 0.717) is 28.2 Å². The molecule has 0 amide bonds. The van der Waals surface area contributed by atoms with Crippen molar-refractivity contribution >= 4 is 34.8 Å². The standard InChI is InChI=1S/C45H38O9/c1-29(2)43(47)52-27-50-40-22-14-34(15-23-40)8-9-36-13-19-39(42(26-36)54-44(48)30(3)4)18-12-35-10-16-37(17-11-35)31(5)32(6)38-20-24-41(25-21-38)51-28-53-45(49)33(7)46/h10-11,13-17,19-26H,1,3,27-28H2,2,4-7H3/b32-31+. The first-order valence-electron chi connectivity index (χ1n) is 16.6. The molecule has 0 atom stereocenters. The molecule has 4 rings (SSSR count). The second-order valence-corrected chi connectivity index (χ2v) is 12.0. The van der Waals surface area contributed by atoms with Gasteiger partial charge in [0.25, 0.3) is 0 Å². The molecule has 0 aliphatic rings. The Balaban J connectivity index is 1.46. The number of Topliss-reactive ketones (excluding diaryl/α,β-unsaturated/α-hetero) is 1. The lowest BCUT2D eigenvalue weighted by atomic mass is 9.96. The summed E-state index contributed by atoms with van der Waals surface area (Å²) in [7, 11) is 0. The molecule has 0 aliphatic heterocycles. The Labute approximate surface area is 314 Å². The van der Waals surface area contributed by atoms with Gasteiger partial charge in [-0.15, -0.1) is 0 Å². The van der Waals surface area contributed by atoms with Gasteiger partial charge in [-0.25, -0.2) is 14.4 Å². The molecule has 0 aliphatic carbocycles. The highest BCUT2D eigenvalue weighted by Gasteiger charge is 2.11. The van der Waals surface area contributed by atoms with Crippen LogP contribution in [0.15, 0.2) is 115 Å². The van der Waals surface area contributed by atoms with Crippen molar-refractivity contribution in [2.24, 2.45) is 0 Å². The highest BCUT2D eigenvalue weighted by Crippen LogP contribution is 2.27. The number of hydrogen-bond acceptors (Lipinski definition) is 9. The molecular formula is C45H38O9. The van der Waals surface area contributed by atoms with Crippen LogP contribution in [0.1, 0.15) is 68.0 Å². The summed E-state index contributed by atoms with van der Waals surface area (Å²) >= 11 is 0. The number of ether oxygens (including phenoxy) is 5. The summed E-state index contributed by atoms with van der Waals surface area (Å²) in [4.78, 5) is 46.3. The van der Waals surface area contributed by atoms with E-state index >= 15 is 0 Å². The quantitative estimate of drug-likeness (QED) is 0.0274. The van der Waals surface area contributed by atoms with Crippen LogP contribution < -0.4 is 14.2 Å². The van der Waals surface area contributed by atoms with E-state index in [1.165, 1.54) is 0 Å². The van der Waals surface area contributed by atoms with Crippen molar-refractivity contribution < 1.29 is 42.9 Å². The molecular weight excluding hydrogens is 684 g/mol. The molecule has 272 valence electrons. The summed E-state index contributed by atoms with van der Waals surface area (Å²) in [5.74, 6) is 11.0. The first-order valence-corrected chi connectivity index (χ1v) is 16.6. The normalized spacial score (nSPS) is 10.5. The Morgan fingerprint density at radius 3 is 1.46 bits per heavy atom.